The number of nitrogens with zero attached hydrogens (tertiary/aromatic N) is 1. The molecule has 0 radical (unpaired) electrons. The lowest BCUT2D eigenvalue weighted by molar-refractivity contribution is 0.0931. The molecule has 0 atom stereocenters. The average molecular weight is 332 g/mol. The van der Waals surface area contributed by atoms with Crippen LogP contribution in [0.1, 0.15) is 28.1 Å². The maximum absolute atomic E-state index is 13.6. The summed E-state index contributed by atoms with van der Waals surface area (Å²) in [5, 5.41) is 4.99. The van der Waals surface area contributed by atoms with E-state index in [-0.39, 0.29) is 11.5 Å². The van der Waals surface area contributed by atoms with Gasteiger partial charge in [0.2, 0.25) is 0 Å². The third kappa shape index (κ3) is 4.39. The van der Waals surface area contributed by atoms with Gasteiger partial charge in [0.15, 0.2) is 0 Å². The summed E-state index contributed by atoms with van der Waals surface area (Å²) in [6.07, 6.45) is 2.14. The molecule has 1 saturated heterocycles. The van der Waals surface area contributed by atoms with Crippen molar-refractivity contribution < 1.29 is 9.18 Å². The Balaban J connectivity index is 1.42. The molecule has 0 unspecified atom stereocenters. The van der Waals surface area contributed by atoms with E-state index < -0.39 is 5.82 Å². The Kier molecular flexibility index (Phi) is 5.41. The summed E-state index contributed by atoms with van der Waals surface area (Å²) in [4.78, 5) is 15.9. The first-order chi connectivity index (χ1) is 11.2. The lowest BCUT2D eigenvalue weighted by atomic mass is 9.96. The number of halogens is 1. The van der Waals surface area contributed by atoms with Crippen LogP contribution < -0.4 is 5.32 Å². The van der Waals surface area contributed by atoms with Gasteiger partial charge in [0.05, 0.1) is 5.56 Å². The molecule has 1 aliphatic rings. The standard InChI is InChI=1S/C18H21FN2OS/c19-17-6-2-1-5-16(17)18(22)20-12-14-7-9-21(10-8-14)13-15-4-3-11-23-15/h1-6,11,14H,7-10,12-13H2,(H,20,22). The van der Waals surface area contributed by atoms with E-state index in [1.54, 1.807) is 23.5 Å². The minimum absolute atomic E-state index is 0.127. The molecule has 3 rings (SSSR count). The molecular formula is C18H21FN2OS. The van der Waals surface area contributed by atoms with Crippen LogP contribution in [0.3, 0.4) is 0 Å². The molecule has 0 saturated carbocycles. The molecule has 5 heteroatoms. The zero-order valence-corrected chi connectivity index (χ0v) is 13.8. The van der Waals surface area contributed by atoms with Crippen molar-refractivity contribution in [2.24, 2.45) is 5.92 Å². The Morgan fingerprint density at radius 3 is 2.70 bits per heavy atom. The Morgan fingerprint density at radius 2 is 2.00 bits per heavy atom. The van der Waals surface area contributed by atoms with E-state index in [0.29, 0.717) is 12.5 Å². The SMILES string of the molecule is O=C(NCC1CCN(Cc2cccs2)CC1)c1ccccc1F. The summed E-state index contributed by atoms with van der Waals surface area (Å²) in [5.41, 5.74) is 0.127. The molecule has 0 spiro atoms. The highest BCUT2D eigenvalue weighted by Crippen LogP contribution is 2.20. The molecule has 1 aliphatic heterocycles. The molecule has 2 aromatic rings. The number of amides is 1. The number of benzene rings is 1. The van der Waals surface area contributed by atoms with Gasteiger partial charge >= 0.3 is 0 Å². The number of carbonyl (C=O) groups excluding carboxylic acids is 1. The van der Waals surface area contributed by atoms with Crippen molar-refractivity contribution >= 4 is 17.2 Å². The topological polar surface area (TPSA) is 32.3 Å². The second-order valence-corrected chi connectivity index (χ2v) is 7.02. The summed E-state index contributed by atoms with van der Waals surface area (Å²) in [5.74, 6) is -0.301. The Hall–Kier alpha value is -1.72. The molecule has 23 heavy (non-hydrogen) atoms. The maximum atomic E-state index is 13.6. The largest absolute Gasteiger partial charge is 0.352 e. The molecule has 0 aliphatic carbocycles. The van der Waals surface area contributed by atoms with Gasteiger partial charge in [-0.25, -0.2) is 4.39 Å². The fourth-order valence-corrected chi connectivity index (χ4v) is 3.70. The number of nitrogens with one attached hydrogen (secondary N) is 1. The summed E-state index contributed by atoms with van der Waals surface area (Å²) in [6, 6.07) is 10.4. The van der Waals surface area contributed by atoms with Gasteiger partial charge in [-0.3, -0.25) is 9.69 Å². The third-order valence-electron chi connectivity index (χ3n) is 4.34. The lowest BCUT2D eigenvalue weighted by Gasteiger charge is -2.31. The monoisotopic (exact) mass is 332 g/mol. The number of carbonyl (C=O) groups is 1. The molecule has 0 bridgehead atoms. The molecule has 1 aromatic carbocycles. The molecule has 3 nitrogen and oxygen atoms in total. The summed E-state index contributed by atoms with van der Waals surface area (Å²) >= 11 is 1.80. The van der Waals surface area contributed by atoms with Gasteiger partial charge in [-0.15, -0.1) is 11.3 Å². The van der Waals surface area contributed by atoms with Gasteiger partial charge in [0.1, 0.15) is 5.82 Å². The number of piperidine rings is 1. The predicted octanol–water partition coefficient (Wildman–Crippen LogP) is 3.53. The number of rotatable bonds is 5. The van der Waals surface area contributed by atoms with E-state index in [1.165, 1.54) is 17.0 Å². The van der Waals surface area contributed by atoms with E-state index in [2.05, 4.69) is 27.7 Å². The zero-order valence-electron chi connectivity index (χ0n) is 13.0. The fourth-order valence-electron chi connectivity index (χ4n) is 2.95. The molecule has 2 heterocycles. The number of hydrogen-bond donors (Lipinski definition) is 1. The van der Waals surface area contributed by atoms with E-state index in [9.17, 15) is 9.18 Å². The van der Waals surface area contributed by atoms with Crippen molar-refractivity contribution in [2.45, 2.75) is 19.4 Å². The summed E-state index contributed by atoms with van der Waals surface area (Å²) in [6.45, 7) is 3.75. The van der Waals surface area contributed by atoms with Gasteiger partial charge < -0.3 is 5.32 Å². The van der Waals surface area contributed by atoms with Crippen LogP contribution in [0.2, 0.25) is 0 Å². The smallest absolute Gasteiger partial charge is 0.254 e. The maximum Gasteiger partial charge on any atom is 0.254 e. The predicted molar refractivity (Wildman–Crippen MR) is 91.1 cm³/mol. The van der Waals surface area contributed by atoms with Crippen LogP contribution in [0.5, 0.6) is 0 Å². The van der Waals surface area contributed by atoms with Crippen molar-refractivity contribution in [2.75, 3.05) is 19.6 Å². The van der Waals surface area contributed by atoms with Crippen LogP contribution in [0.25, 0.3) is 0 Å². The molecular weight excluding hydrogens is 311 g/mol. The number of hydrogen-bond acceptors (Lipinski definition) is 3. The minimum Gasteiger partial charge on any atom is -0.352 e. The van der Waals surface area contributed by atoms with E-state index >= 15 is 0 Å². The highest BCUT2D eigenvalue weighted by molar-refractivity contribution is 7.09. The van der Waals surface area contributed by atoms with Gasteiger partial charge in [0.25, 0.3) is 5.91 Å². The van der Waals surface area contributed by atoms with E-state index in [4.69, 9.17) is 0 Å². The molecule has 1 fully saturated rings. The van der Waals surface area contributed by atoms with Gasteiger partial charge in [0, 0.05) is 18.0 Å². The van der Waals surface area contributed by atoms with Crippen LogP contribution in [-0.4, -0.2) is 30.4 Å². The van der Waals surface area contributed by atoms with Crippen LogP contribution in [0.15, 0.2) is 41.8 Å². The normalized spacial score (nSPS) is 16.4. The van der Waals surface area contributed by atoms with Crippen molar-refractivity contribution in [1.82, 2.24) is 10.2 Å². The van der Waals surface area contributed by atoms with Crippen molar-refractivity contribution in [3.63, 3.8) is 0 Å². The summed E-state index contributed by atoms with van der Waals surface area (Å²) in [7, 11) is 0. The van der Waals surface area contributed by atoms with Crippen LogP contribution in [-0.2, 0) is 6.54 Å². The Morgan fingerprint density at radius 1 is 1.22 bits per heavy atom. The minimum atomic E-state index is -0.462. The fraction of sp³-hybridized carbons (Fsp3) is 0.389. The lowest BCUT2D eigenvalue weighted by Crippen LogP contribution is -2.38. The summed E-state index contributed by atoms with van der Waals surface area (Å²) < 4.78 is 13.6. The quantitative estimate of drug-likeness (QED) is 0.908. The first-order valence-corrected chi connectivity index (χ1v) is 8.88. The molecule has 1 N–H and O–H groups in total. The second kappa shape index (κ2) is 7.70. The molecule has 1 amide bonds. The number of likely N-dealkylation sites (tertiary alicyclic amines) is 1. The van der Waals surface area contributed by atoms with Crippen LogP contribution in [0.4, 0.5) is 4.39 Å². The van der Waals surface area contributed by atoms with Crippen molar-refractivity contribution in [1.29, 1.82) is 0 Å². The Bertz CT molecular complexity index is 636. The second-order valence-electron chi connectivity index (χ2n) is 5.99. The van der Waals surface area contributed by atoms with Crippen molar-refractivity contribution in [3.05, 3.63) is 58.0 Å². The van der Waals surface area contributed by atoms with E-state index in [1.807, 2.05) is 0 Å². The highest BCUT2D eigenvalue weighted by atomic mass is 32.1. The van der Waals surface area contributed by atoms with Gasteiger partial charge in [-0.05, 0) is 55.4 Å². The van der Waals surface area contributed by atoms with E-state index in [0.717, 1.165) is 32.5 Å². The van der Waals surface area contributed by atoms with Gasteiger partial charge in [-0.1, -0.05) is 18.2 Å². The zero-order chi connectivity index (χ0) is 16.1. The highest BCUT2D eigenvalue weighted by Gasteiger charge is 2.20. The first kappa shape index (κ1) is 16.1. The Labute approximate surface area is 140 Å². The van der Waals surface area contributed by atoms with Gasteiger partial charge in [-0.2, -0.15) is 0 Å². The van der Waals surface area contributed by atoms with Crippen LogP contribution >= 0.6 is 11.3 Å². The van der Waals surface area contributed by atoms with Crippen molar-refractivity contribution in [3.8, 4) is 0 Å². The molecule has 1 aromatic heterocycles. The van der Waals surface area contributed by atoms with Crippen LogP contribution in [0, 0.1) is 11.7 Å². The third-order valence-corrected chi connectivity index (χ3v) is 5.20. The first-order valence-electron chi connectivity index (χ1n) is 8.00. The number of thiophene rings is 1. The average Bonchev–Trinajstić information content (AvgIpc) is 3.07. The molecule has 122 valence electrons.